The second kappa shape index (κ2) is 6.60. The molecule has 3 aromatic rings. The summed E-state index contributed by atoms with van der Waals surface area (Å²) in [5.41, 5.74) is 2.14. The highest BCUT2D eigenvalue weighted by molar-refractivity contribution is 5.86. The molecule has 0 amide bonds. The van der Waals surface area contributed by atoms with Gasteiger partial charge in [0.15, 0.2) is 0 Å². The summed E-state index contributed by atoms with van der Waals surface area (Å²) in [7, 11) is 2.13. The fourth-order valence-corrected chi connectivity index (χ4v) is 3.66. The molecule has 4 rings (SSSR count). The molecule has 1 heterocycles. The van der Waals surface area contributed by atoms with Crippen LogP contribution in [0.25, 0.3) is 22.0 Å². The monoisotopic (exact) mass is 317 g/mol. The maximum atomic E-state index is 4.84. The zero-order valence-corrected chi connectivity index (χ0v) is 14.2. The number of anilines is 1. The summed E-state index contributed by atoms with van der Waals surface area (Å²) in [5.74, 6) is 0.840. The molecule has 0 saturated heterocycles. The summed E-state index contributed by atoms with van der Waals surface area (Å²) in [5, 5.41) is 2.51. The summed E-state index contributed by atoms with van der Waals surface area (Å²) in [4.78, 5) is 11.6. The molecule has 0 radical (unpaired) electrons. The Morgan fingerprint density at radius 2 is 1.71 bits per heavy atom. The van der Waals surface area contributed by atoms with Crippen molar-refractivity contribution in [2.45, 2.75) is 38.1 Å². The molecule has 0 spiro atoms. The minimum absolute atomic E-state index is 0.575. The van der Waals surface area contributed by atoms with Gasteiger partial charge in [-0.1, -0.05) is 55.7 Å². The lowest BCUT2D eigenvalue weighted by Gasteiger charge is -2.31. The van der Waals surface area contributed by atoms with E-state index in [1.54, 1.807) is 0 Å². The van der Waals surface area contributed by atoms with Crippen LogP contribution in [0.1, 0.15) is 32.1 Å². The summed E-state index contributed by atoms with van der Waals surface area (Å²) in [6.45, 7) is 0. The number of hydrogen-bond donors (Lipinski definition) is 0. The quantitative estimate of drug-likeness (QED) is 0.675. The molecule has 1 fully saturated rings. The van der Waals surface area contributed by atoms with Gasteiger partial charge in [0.05, 0.1) is 5.69 Å². The van der Waals surface area contributed by atoms with Crippen molar-refractivity contribution in [3.63, 3.8) is 0 Å². The fourth-order valence-electron chi connectivity index (χ4n) is 3.66. The summed E-state index contributed by atoms with van der Waals surface area (Å²) in [6, 6.07) is 17.5. The Morgan fingerprint density at radius 1 is 0.917 bits per heavy atom. The maximum absolute atomic E-state index is 4.84. The van der Waals surface area contributed by atoms with E-state index in [1.165, 1.54) is 42.9 Å². The van der Waals surface area contributed by atoms with Gasteiger partial charge in [0.25, 0.3) is 0 Å². The van der Waals surface area contributed by atoms with Crippen LogP contribution in [0.3, 0.4) is 0 Å². The first-order valence-electron chi connectivity index (χ1n) is 8.86. The predicted molar refractivity (Wildman–Crippen MR) is 100 cm³/mol. The molecule has 0 unspecified atom stereocenters. The molecular weight excluding hydrogens is 294 g/mol. The van der Waals surface area contributed by atoms with Crippen molar-refractivity contribution in [1.29, 1.82) is 0 Å². The molecule has 1 saturated carbocycles. The van der Waals surface area contributed by atoms with Crippen LogP contribution in [0.4, 0.5) is 5.95 Å². The molecule has 1 aliphatic rings. The average Bonchev–Trinajstić information content (AvgIpc) is 2.68. The van der Waals surface area contributed by atoms with Crippen molar-refractivity contribution in [3.8, 4) is 11.3 Å². The van der Waals surface area contributed by atoms with Crippen LogP contribution < -0.4 is 4.90 Å². The van der Waals surface area contributed by atoms with Crippen LogP contribution in [0.5, 0.6) is 0 Å². The Kier molecular flexibility index (Phi) is 4.16. The molecule has 1 aromatic heterocycles. The number of benzene rings is 2. The molecule has 3 nitrogen and oxygen atoms in total. The van der Waals surface area contributed by atoms with Crippen LogP contribution >= 0.6 is 0 Å². The van der Waals surface area contributed by atoms with Gasteiger partial charge in [0.1, 0.15) is 0 Å². The van der Waals surface area contributed by atoms with Crippen molar-refractivity contribution in [3.05, 3.63) is 54.7 Å². The van der Waals surface area contributed by atoms with Gasteiger partial charge in [-0.15, -0.1) is 0 Å². The van der Waals surface area contributed by atoms with Crippen LogP contribution in [0, 0.1) is 0 Å². The van der Waals surface area contributed by atoms with Crippen LogP contribution in [-0.4, -0.2) is 23.1 Å². The molecule has 2 aromatic carbocycles. The zero-order valence-electron chi connectivity index (χ0n) is 14.2. The van der Waals surface area contributed by atoms with Gasteiger partial charge in [0, 0.05) is 24.8 Å². The van der Waals surface area contributed by atoms with E-state index in [0.717, 1.165) is 17.2 Å². The zero-order chi connectivity index (χ0) is 16.4. The molecule has 122 valence electrons. The second-order valence-corrected chi connectivity index (χ2v) is 6.71. The van der Waals surface area contributed by atoms with Gasteiger partial charge >= 0.3 is 0 Å². The van der Waals surface area contributed by atoms with E-state index >= 15 is 0 Å². The number of nitrogens with zero attached hydrogens (tertiary/aromatic N) is 3. The van der Waals surface area contributed by atoms with Crippen molar-refractivity contribution in [2.24, 2.45) is 0 Å². The molecule has 1 aliphatic carbocycles. The van der Waals surface area contributed by atoms with E-state index in [0.29, 0.717) is 6.04 Å². The minimum Gasteiger partial charge on any atom is -0.341 e. The van der Waals surface area contributed by atoms with Gasteiger partial charge in [-0.25, -0.2) is 9.97 Å². The van der Waals surface area contributed by atoms with Crippen molar-refractivity contribution < 1.29 is 0 Å². The predicted octanol–water partition coefficient (Wildman–Crippen LogP) is 5.07. The molecule has 0 bridgehead atoms. The molecule has 0 atom stereocenters. The Bertz CT molecular complexity index is 837. The smallest absolute Gasteiger partial charge is 0.225 e. The lowest BCUT2D eigenvalue weighted by Crippen LogP contribution is -2.34. The van der Waals surface area contributed by atoms with Gasteiger partial charge in [-0.2, -0.15) is 0 Å². The maximum Gasteiger partial charge on any atom is 0.225 e. The number of hydrogen-bond acceptors (Lipinski definition) is 3. The number of aromatic nitrogens is 2. The summed E-state index contributed by atoms with van der Waals surface area (Å²) < 4.78 is 0. The Morgan fingerprint density at radius 3 is 2.54 bits per heavy atom. The Balaban J connectivity index is 1.65. The highest BCUT2D eigenvalue weighted by atomic mass is 15.2. The van der Waals surface area contributed by atoms with Crippen molar-refractivity contribution >= 4 is 16.7 Å². The second-order valence-electron chi connectivity index (χ2n) is 6.71. The molecule has 0 N–H and O–H groups in total. The highest BCUT2D eigenvalue weighted by Gasteiger charge is 2.20. The van der Waals surface area contributed by atoms with Gasteiger partial charge in [-0.05, 0) is 35.7 Å². The van der Waals surface area contributed by atoms with E-state index in [1.807, 2.05) is 12.3 Å². The SMILES string of the molecule is CN(c1nccc(-c2ccc3ccccc3c2)n1)C1CCCCC1. The minimum atomic E-state index is 0.575. The lowest BCUT2D eigenvalue weighted by atomic mass is 9.95. The average molecular weight is 317 g/mol. The first kappa shape index (κ1) is 15.1. The van der Waals surface area contributed by atoms with E-state index in [4.69, 9.17) is 4.98 Å². The first-order valence-corrected chi connectivity index (χ1v) is 8.86. The highest BCUT2D eigenvalue weighted by Crippen LogP contribution is 2.27. The van der Waals surface area contributed by atoms with Crippen LogP contribution in [0.15, 0.2) is 54.7 Å². The molecule has 3 heteroatoms. The normalized spacial score (nSPS) is 15.5. The third-order valence-corrected chi connectivity index (χ3v) is 5.13. The number of fused-ring (bicyclic) bond motifs is 1. The standard InChI is InChI=1S/C21H23N3/c1-24(19-9-3-2-4-10-19)21-22-14-13-20(23-21)18-12-11-16-7-5-6-8-17(16)15-18/h5-8,11-15,19H,2-4,9-10H2,1H3. The van der Waals surface area contributed by atoms with E-state index in [2.05, 4.69) is 59.4 Å². The van der Waals surface area contributed by atoms with E-state index in [9.17, 15) is 0 Å². The third-order valence-electron chi connectivity index (χ3n) is 5.13. The Hall–Kier alpha value is -2.42. The topological polar surface area (TPSA) is 29.0 Å². The van der Waals surface area contributed by atoms with Crippen molar-refractivity contribution in [1.82, 2.24) is 9.97 Å². The molecular formula is C21H23N3. The summed E-state index contributed by atoms with van der Waals surface area (Å²) >= 11 is 0. The van der Waals surface area contributed by atoms with Gasteiger partial charge < -0.3 is 4.90 Å². The van der Waals surface area contributed by atoms with Gasteiger partial charge in [0.2, 0.25) is 5.95 Å². The van der Waals surface area contributed by atoms with Crippen LogP contribution in [-0.2, 0) is 0 Å². The Labute approximate surface area is 143 Å². The molecule has 24 heavy (non-hydrogen) atoms. The first-order chi connectivity index (χ1) is 11.8. The lowest BCUT2D eigenvalue weighted by molar-refractivity contribution is 0.424. The van der Waals surface area contributed by atoms with Crippen molar-refractivity contribution in [2.75, 3.05) is 11.9 Å². The number of rotatable bonds is 3. The molecule has 0 aliphatic heterocycles. The largest absolute Gasteiger partial charge is 0.341 e. The van der Waals surface area contributed by atoms with E-state index < -0.39 is 0 Å². The fraction of sp³-hybridized carbons (Fsp3) is 0.333. The summed E-state index contributed by atoms with van der Waals surface area (Å²) in [6.07, 6.45) is 8.38. The van der Waals surface area contributed by atoms with Gasteiger partial charge in [-0.3, -0.25) is 0 Å². The van der Waals surface area contributed by atoms with Crippen LogP contribution in [0.2, 0.25) is 0 Å². The third kappa shape index (κ3) is 2.99. The van der Waals surface area contributed by atoms with E-state index in [-0.39, 0.29) is 0 Å².